The molecule has 0 aliphatic heterocycles. The fourth-order valence-corrected chi connectivity index (χ4v) is 0. The Morgan fingerprint density at radius 2 is 2.00 bits per heavy atom. The van der Waals surface area contributed by atoms with Crippen LogP contribution in [-0.4, -0.2) is 3.48 Å². The Bertz CT molecular complexity index is 29.0. The molecule has 0 bridgehead atoms. The van der Waals surface area contributed by atoms with Crippen LogP contribution in [0.5, 0.6) is 0 Å². The Kier molecular flexibility index (Phi) is 1.44. The van der Waals surface area contributed by atoms with Crippen molar-refractivity contribution < 1.29 is 23.5 Å². The minimum atomic E-state index is -0.528. The van der Waals surface area contributed by atoms with Crippen molar-refractivity contribution in [2.45, 2.75) is 0 Å². The molecule has 0 saturated carbocycles. The van der Waals surface area contributed by atoms with Crippen molar-refractivity contribution in [3.63, 3.8) is 0 Å². The normalized spacial score (nSPS) is 6.50. The third-order valence-corrected chi connectivity index (χ3v) is 0. The Morgan fingerprint density at radius 1 is 2.00 bits per heavy atom. The Hall–Kier alpha value is 0.0883. The topological polar surface area (TPSA) is 43.1 Å². The van der Waals surface area contributed by atoms with E-state index in [4.69, 9.17) is 10.1 Å². The van der Waals surface area contributed by atoms with Crippen LogP contribution in [0.2, 0.25) is 0 Å². The average molecular weight is 241 g/mol. The van der Waals surface area contributed by atoms with Crippen molar-refractivity contribution >= 4 is 0 Å². The summed E-state index contributed by atoms with van der Waals surface area (Å²) < 4.78 is -0.528. The van der Waals surface area contributed by atoms with Gasteiger partial charge in [0.25, 0.3) is 0 Å². The Morgan fingerprint density at radius 3 is 2.00 bits per heavy atom. The molecule has 0 aliphatic rings. The summed E-state index contributed by atoms with van der Waals surface area (Å²) in [5, 5.41) is 8.79. The van der Waals surface area contributed by atoms with Crippen molar-refractivity contribution in [1.29, 1.82) is 0 Å². The van der Waals surface area contributed by atoms with E-state index in [-0.39, 0.29) is 0 Å². The van der Waals surface area contributed by atoms with Gasteiger partial charge in [0.1, 0.15) is 0 Å². The fourth-order valence-electron chi connectivity index (χ4n) is 0. The van der Waals surface area contributed by atoms with E-state index < -0.39 is 3.48 Å². The van der Waals surface area contributed by atoms with Gasteiger partial charge in [-0.15, -0.1) is 0 Å². The van der Waals surface area contributed by atoms with Gasteiger partial charge in [-0.3, -0.25) is 0 Å². The summed E-state index contributed by atoms with van der Waals surface area (Å²) in [4.78, 5) is 8.79. The van der Waals surface area contributed by atoms with Crippen LogP contribution in [-0.2, 0) is 20.1 Å². The third kappa shape index (κ3) is 317. The van der Waals surface area contributed by atoms with Gasteiger partial charge in [-0.05, 0) is 0 Å². The molecule has 0 fully saturated rings. The number of hydrogen-bond donors (Lipinski definition) is 0. The first-order valence-electron chi connectivity index (χ1n) is 0.507. The van der Waals surface area contributed by atoms with Gasteiger partial charge in [0.15, 0.2) is 0 Å². The molecule has 0 atom stereocenters. The zero-order chi connectivity index (χ0) is 3.58. The molecule has 0 saturated heterocycles. The molecule has 0 aromatic rings. The zero-order valence-corrected chi connectivity index (χ0v) is 3.85. The average Bonchev–Trinajstić information content (AvgIpc) is 0.811. The van der Waals surface area contributed by atoms with E-state index in [0.717, 1.165) is 20.1 Å². The third-order valence-electron chi connectivity index (χ3n) is 0. The monoisotopic (exact) mass is 241 g/mol. The van der Waals surface area contributed by atoms with Crippen LogP contribution >= 0.6 is 0 Å². The van der Waals surface area contributed by atoms with Crippen molar-refractivity contribution in [3.8, 4) is 0 Å². The quantitative estimate of drug-likeness (QED) is 0.432. The second-order valence-corrected chi connectivity index (χ2v) is 1.02. The van der Waals surface area contributed by atoms with Crippen LogP contribution in [0, 0.1) is 10.1 Å². The molecule has 0 amide bonds. The molecule has 0 spiro atoms. The van der Waals surface area contributed by atoms with E-state index in [1.165, 1.54) is 0 Å². The minimum absolute atomic E-state index is 0.528. The first-order chi connectivity index (χ1) is 1.73. The first kappa shape index (κ1) is 4.09. The summed E-state index contributed by atoms with van der Waals surface area (Å²) in [7, 11) is 0. The van der Waals surface area contributed by atoms with Crippen LogP contribution in [0.3, 0.4) is 0 Å². The summed E-state index contributed by atoms with van der Waals surface area (Å²) in [6, 6.07) is 0. The van der Waals surface area contributed by atoms with Gasteiger partial charge >= 0.3 is 33.7 Å². The van der Waals surface area contributed by atoms with Crippen molar-refractivity contribution in [1.82, 2.24) is 0 Å². The maximum absolute atomic E-state index is 8.79. The van der Waals surface area contributed by atoms with E-state index >= 15 is 0 Å². The summed E-state index contributed by atoms with van der Waals surface area (Å²) in [5.41, 5.74) is 0. The van der Waals surface area contributed by atoms with Gasteiger partial charge in [-0.1, -0.05) is 0 Å². The van der Waals surface area contributed by atoms with Gasteiger partial charge in [0.05, 0.1) is 0 Å². The van der Waals surface area contributed by atoms with Crippen LogP contribution in [0.25, 0.3) is 0 Å². The maximum atomic E-state index is 8.79. The molecule has 4 heavy (non-hydrogen) atoms. The molecule has 0 aromatic carbocycles. The second-order valence-electron chi connectivity index (χ2n) is 0.190. The van der Waals surface area contributed by atoms with E-state index in [0.29, 0.717) is 0 Å². The van der Waals surface area contributed by atoms with Gasteiger partial charge in [-0.2, -0.15) is 0 Å². The van der Waals surface area contributed by atoms with Gasteiger partial charge in [-0.25, -0.2) is 0 Å². The van der Waals surface area contributed by atoms with Gasteiger partial charge in [0.2, 0.25) is 0 Å². The number of hydrogen-bond acceptors (Lipinski definition) is 2. The number of nitro groups is 1. The Balaban J connectivity index is 2.80. The SMILES string of the molecule is O=[N+]([O-])[Pt]. The van der Waals surface area contributed by atoms with E-state index in [9.17, 15) is 0 Å². The van der Waals surface area contributed by atoms with Crippen LogP contribution < -0.4 is 0 Å². The Labute approximate surface area is 34.3 Å². The van der Waals surface area contributed by atoms with Crippen molar-refractivity contribution in [3.05, 3.63) is 10.1 Å². The predicted molar refractivity (Wildman–Crippen MR) is 6.99 cm³/mol. The molecule has 0 aliphatic carbocycles. The van der Waals surface area contributed by atoms with Gasteiger partial charge in [0, 0.05) is 0 Å². The molecule has 0 aromatic heterocycles. The molecule has 0 unspecified atom stereocenters. The summed E-state index contributed by atoms with van der Waals surface area (Å²) in [6.07, 6.45) is 0. The predicted octanol–water partition coefficient (Wildman–Crippen LogP) is -0.275. The number of rotatable bonds is 0. The van der Waals surface area contributed by atoms with Gasteiger partial charge < -0.3 is 0 Å². The standard InChI is InChI=1S/NO2.Pt/c2-1-3;. The van der Waals surface area contributed by atoms with Crippen molar-refractivity contribution in [2.24, 2.45) is 0 Å². The molecule has 4 heteroatoms. The second kappa shape index (κ2) is 1.41. The van der Waals surface area contributed by atoms with Crippen LogP contribution in [0.4, 0.5) is 0 Å². The van der Waals surface area contributed by atoms with Crippen molar-refractivity contribution in [2.75, 3.05) is 0 Å². The van der Waals surface area contributed by atoms with Crippen LogP contribution in [0.15, 0.2) is 0 Å². The van der Waals surface area contributed by atoms with E-state index in [1.807, 2.05) is 0 Å². The molecule has 3 nitrogen and oxygen atoms in total. The first-order valence-corrected chi connectivity index (χ1v) is 1.52. The molecule has 0 heterocycles. The molecular weight excluding hydrogens is 241 g/mol. The zero-order valence-electron chi connectivity index (χ0n) is 1.58. The summed E-state index contributed by atoms with van der Waals surface area (Å²) >= 11 is 1.05. The summed E-state index contributed by atoms with van der Waals surface area (Å²) in [5.74, 6) is 0. The van der Waals surface area contributed by atoms with E-state index in [1.54, 1.807) is 0 Å². The number of nitrogens with zero attached hydrogens (tertiary/aromatic N) is 1. The molecule has 0 N–H and O–H groups in total. The fraction of sp³-hybridized carbons (Fsp3) is 0. The molecule has 0 rings (SSSR count). The molecule has 27 valence electrons. The van der Waals surface area contributed by atoms with Crippen LogP contribution in [0.1, 0.15) is 0 Å². The molecular formula is NO2Pt. The molecule has 0 radical (unpaired) electrons. The summed E-state index contributed by atoms with van der Waals surface area (Å²) in [6.45, 7) is 0. The van der Waals surface area contributed by atoms with E-state index in [2.05, 4.69) is 0 Å².